The van der Waals surface area contributed by atoms with E-state index in [4.69, 9.17) is 0 Å². The summed E-state index contributed by atoms with van der Waals surface area (Å²) >= 11 is 0. The Morgan fingerprint density at radius 1 is 1.40 bits per heavy atom. The summed E-state index contributed by atoms with van der Waals surface area (Å²) < 4.78 is 64.5. The molecule has 0 bridgehead atoms. The summed E-state index contributed by atoms with van der Waals surface area (Å²) in [7, 11) is -1.16. The van der Waals surface area contributed by atoms with Crippen LogP contribution in [-0.4, -0.2) is 47.5 Å². The molecule has 1 unspecified atom stereocenters. The Morgan fingerprint density at radius 2 is 1.87 bits per heavy atom. The molecule has 1 saturated heterocycles. The van der Waals surface area contributed by atoms with Gasteiger partial charge >= 0.3 is 6.36 Å². The van der Waals surface area contributed by atoms with E-state index in [0.29, 0.717) is 7.11 Å². The minimum absolute atomic E-state index is 0.238. The number of rotatable bonds is 2. The Kier molecular flexibility index (Phi) is 5.49. The lowest BCUT2D eigenvalue weighted by atomic mass is 10.5. The molecule has 1 atom stereocenters. The fourth-order valence-corrected chi connectivity index (χ4v) is 1.45. The normalized spacial score (nSPS) is 23.7. The van der Waals surface area contributed by atoms with Crippen LogP contribution in [0.2, 0.25) is 0 Å². The highest BCUT2D eigenvalue weighted by atomic mass is 32.2. The Balaban J connectivity index is 0.000000288. The maximum atomic E-state index is 10.6. The van der Waals surface area contributed by atoms with Gasteiger partial charge < -0.3 is 4.74 Å². The van der Waals surface area contributed by atoms with Gasteiger partial charge in [0.25, 0.3) is 10.1 Å². The molecular weight excluding hydrogens is 241 g/mol. The second kappa shape index (κ2) is 5.64. The molecule has 5 nitrogen and oxygen atoms in total. The largest absolute Gasteiger partial charge is 0.522 e. The first-order chi connectivity index (χ1) is 6.73. The quantitative estimate of drug-likeness (QED) is 0.670. The van der Waals surface area contributed by atoms with Gasteiger partial charge in [-0.05, 0) is 0 Å². The standard InChI is InChI=1S/C4H8O4S.C2H3F3O/c1-7-2-4-3-8-9(4,5)6;1-6-2(3,4)5/h4H,2-3H2,1H3;1H3. The van der Waals surface area contributed by atoms with Gasteiger partial charge in [-0.15, -0.1) is 13.2 Å². The van der Waals surface area contributed by atoms with Gasteiger partial charge in [0, 0.05) is 14.2 Å². The number of methoxy groups -OCH3 is 2. The van der Waals surface area contributed by atoms with Crippen molar-refractivity contribution >= 4 is 10.1 Å². The molecular formula is C6H11F3O5S. The Bertz CT molecular complexity index is 273. The molecule has 1 fully saturated rings. The van der Waals surface area contributed by atoms with Crippen molar-refractivity contribution in [2.45, 2.75) is 11.6 Å². The molecule has 0 N–H and O–H groups in total. The van der Waals surface area contributed by atoms with Crippen LogP contribution in [0.5, 0.6) is 0 Å². The lowest BCUT2D eigenvalue weighted by Crippen LogP contribution is -2.42. The van der Waals surface area contributed by atoms with Crippen LogP contribution >= 0.6 is 0 Å². The van der Waals surface area contributed by atoms with Gasteiger partial charge in [-0.2, -0.15) is 8.42 Å². The molecule has 92 valence electrons. The molecule has 1 aliphatic rings. The molecule has 0 radical (unpaired) electrons. The van der Waals surface area contributed by atoms with E-state index >= 15 is 0 Å². The third kappa shape index (κ3) is 5.92. The van der Waals surface area contributed by atoms with Crippen LogP contribution in [0.3, 0.4) is 0 Å². The number of ether oxygens (including phenoxy) is 2. The van der Waals surface area contributed by atoms with E-state index < -0.39 is 21.7 Å². The lowest BCUT2D eigenvalue weighted by Gasteiger charge is -2.24. The second-order valence-corrected chi connectivity index (χ2v) is 4.39. The van der Waals surface area contributed by atoms with Gasteiger partial charge in [-0.25, -0.2) is 0 Å². The Labute approximate surface area is 85.2 Å². The average Bonchev–Trinajstić information content (AvgIpc) is 2.12. The highest BCUT2D eigenvalue weighted by Gasteiger charge is 2.37. The Hall–Kier alpha value is -0.380. The summed E-state index contributed by atoms with van der Waals surface area (Å²) in [5.74, 6) is 0. The van der Waals surface area contributed by atoms with Gasteiger partial charge in [0.1, 0.15) is 5.25 Å². The third-order valence-corrected chi connectivity index (χ3v) is 2.96. The zero-order chi connectivity index (χ0) is 12.1. The highest BCUT2D eigenvalue weighted by Crippen LogP contribution is 2.16. The minimum Gasteiger partial charge on any atom is -0.383 e. The number of hydrogen-bond acceptors (Lipinski definition) is 5. The van der Waals surface area contributed by atoms with Gasteiger partial charge in [0.2, 0.25) is 0 Å². The molecule has 9 heteroatoms. The highest BCUT2D eigenvalue weighted by molar-refractivity contribution is 7.88. The van der Waals surface area contributed by atoms with E-state index in [9.17, 15) is 21.6 Å². The van der Waals surface area contributed by atoms with Gasteiger partial charge in [-0.3, -0.25) is 8.92 Å². The van der Waals surface area contributed by atoms with E-state index in [1.165, 1.54) is 7.11 Å². The number of hydrogen-bond donors (Lipinski definition) is 0. The van der Waals surface area contributed by atoms with Crippen LogP contribution < -0.4 is 0 Å². The monoisotopic (exact) mass is 252 g/mol. The van der Waals surface area contributed by atoms with E-state index in [0.717, 1.165) is 0 Å². The number of alkyl halides is 3. The van der Waals surface area contributed by atoms with Gasteiger partial charge in [-0.1, -0.05) is 0 Å². The first-order valence-electron chi connectivity index (χ1n) is 3.72. The Morgan fingerprint density at radius 3 is 1.93 bits per heavy atom. The van der Waals surface area contributed by atoms with Crippen LogP contribution in [0.25, 0.3) is 0 Å². The van der Waals surface area contributed by atoms with Gasteiger partial charge in [0.15, 0.2) is 0 Å². The molecule has 1 heterocycles. The van der Waals surface area contributed by atoms with Crippen molar-refractivity contribution in [1.29, 1.82) is 0 Å². The SMILES string of the molecule is COC(F)(F)F.COCC1COS1(=O)=O. The fourth-order valence-electron chi connectivity index (χ4n) is 0.593. The zero-order valence-corrected chi connectivity index (χ0v) is 8.89. The van der Waals surface area contributed by atoms with E-state index in [1.807, 2.05) is 0 Å². The summed E-state index contributed by atoms with van der Waals surface area (Å²) in [5.41, 5.74) is 0. The number of halogens is 3. The van der Waals surface area contributed by atoms with Crippen molar-refractivity contribution in [3.63, 3.8) is 0 Å². The lowest BCUT2D eigenvalue weighted by molar-refractivity contribution is -0.311. The van der Waals surface area contributed by atoms with Gasteiger partial charge in [0.05, 0.1) is 13.2 Å². The predicted molar refractivity (Wildman–Crippen MR) is 43.6 cm³/mol. The fraction of sp³-hybridized carbons (Fsp3) is 1.00. The minimum atomic E-state index is -4.46. The predicted octanol–water partition coefficient (Wildman–Crippen LogP) is 0.514. The third-order valence-electron chi connectivity index (χ3n) is 1.41. The van der Waals surface area contributed by atoms with Crippen molar-refractivity contribution in [3.8, 4) is 0 Å². The van der Waals surface area contributed by atoms with Crippen LogP contribution in [0.15, 0.2) is 0 Å². The van der Waals surface area contributed by atoms with Crippen molar-refractivity contribution in [3.05, 3.63) is 0 Å². The molecule has 1 rings (SSSR count). The molecule has 0 aromatic heterocycles. The van der Waals surface area contributed by atoms with Crippen molar-refractivity contribution in [2.24, 2.45) is 0 Å². The van der Waals surface area contributed by atoms with Crippen LogP contribution in [0, 0.1) is 0 Å². The first kappa shape index (κ1) is 14.6. The summed E-state index contributed by atoms with van der Waals surface area (Å²) in [4.78, 5) is 0. The first-order valence-corrected chi connectivity index (χ1v) is 5.19. The zero-order valence-electron chi connectivity index (χ0n) is 8.07. The summed E-state index contributed by atoms with van der Waals surface area (Å²) in [6, 6.07) is 0. The molecule has 0 aromatic rings. The van der Waals surface area contributed by atoms with Crippen molar-refractivity contribution < 1.29 is 35.2 Å². The molecule has 0 aliphatic carbocycles. The summed E-state index contributed by atoms with van der Waals surface area (Å²) in [5, 5.41) is -0.428. The van der Waals surface area contributed by atoms with E-state index in [2.05, 4.69) is 13.7 Å². The maximum absolute atomic E-state index is 10.6. The van der Waals surface area contributed by atoms with Crippen molar-refractivity contribution in [1.82, 2.24) is 0 Å². The summed E-state index contributed by atoms with van der Waals surface area (Å²) in [6.45, 7) is 0.512. The van der Waals surface area contributed by atoms with Crippen LogP contribution in [0.1, 0.15) is 0 Å². The molecule has 0 amide bonds. The molecule has 0 spiro atoms. The molecule has 15 heavy (non-hydrogen) atoms. The smallest absolute Gasteiger partial charge is 0.383 e. The van der Waals surface area contributed by atoms with Crippen LogP contribution in [0.4, 0.5) is 13.2 Å². The summed E-state index contributed by atoms with van der Waals surface area (Å²) in [6.07, 6.45) is -4.46. The van der Waals surface area contributed by atoms with Crippen molar-refractivity contribution in [2.75, 3.05) is 27.4 Å². The van der Waals surface area contributed by atoms with E-state index in [1.54, 1.807) is 0 Å². The van der Waals surface area contributed by atoms with E-state index in [-0.39, 0.29) is 13.2 Å². The second-order valence-electron chi connectivity index (χ2n) is 2.50. The molecule has 0 saturated carbocycles. The topological polar surface area (TPSA) is 61.8 Å². The molecule has 1 aliphatic heterocycles. The average molecular weight is 252 g/mol. The maximum Gasteiger partial charge on any atom is 0.522 e. The van der Waals surface area contributed by atoms with Crippen LogP contribution in [-0.2, 0) is 23.8 Å². The molecule has 0 aromatic carbocycles.